The summed E-state index contributed by atoms with van der Waals surface area (Å²) in [5, 5.41) is 3.80. The van der Waals surface area contributed by atoms with Crippen LogP contribution in [0.25, 0.3) is 0 Å². The SMILES string of the molecule is Cc1ccc(Nc2nc(N)ncc2C)c(Cl)c1. The van der Waals surface area contributed by atoms with E-state index in [4.69, 9.17) is 17.3 Å². The lowest BCUT2D eigenvalue weighted by molar-refractivity contribution is 1.15. The third-order valence-electron chi connectivity index (χ3n) is 2.37. The maximum absolute atomic E-state index is 6.13. The fourth-order valence-electron chi connectivity index (χ4n) is 1.43. The van der Waals surface area contributed by atoms with Crippen LogP contribution in [0.5, 0.6) is 0 Å². The Kier molecular flexibility index (Phi) is 3.15. The van der Waals surface area contributed by atoms with Gasteiger partial charge >= 0.3 is 0 Å². The number of nitrogens with zero attached hydrogens (tertiary/aromatic N) is 2. The zero-order valence-corrected chi connectivity index (χ0v) is 10.4. The van der Waals surface area contributed by atoms with Gasteiger partial charge in [0.15, 0.2) is 0 Å². The van der Waals surface area contributed by atoms with E-state index in [-0.39, 0.29) is 5.95 Å². The Labute approximate surface area is 105 Å². The number of nitrogens with one attached hydrogen (secondary N) is 1. The largest absolute Gasteiger partial charge is 0.368 e. The first-order valence-electron chi connectivity index (χ1n) is 5.18. The molecule has 0 aliphatic heterocycles. The van der Waals surface area contributed by atoms with Crippen molar-refractivity contribution in [3.63, 3.8) is 0 Å². The highest BCUT2D eigenvalue weighted by atomic mass is 35.5. The molecule has 0 radical (unpaired) electrons. The first-order valence-corrected chi connectivity index (χ1v) is 5.56. The van der Waals surface area contributed by atoms with Crippen molar-refractivity contribution in [1.82, 2.24) is 9.97 Å². The van der Waals surface area contributed by atoms with Crippen LogP contribution in [-0.4, -0.2) is 9.97 Å². The smallest absolute Gasteiger partial charge is 0.221 e. The molecule has 3 N–H and O–H groups in total. The lowest BCUT2D eigenvalue weighted by atomic mass is 10.2. The average molecular weight is 249 g/mol. The minimum atomic E-state index is 0.237. The first-order chi connectivity index (χ1) is 8.06. The number of hydrogen-bond acceptors (Lipinski definition) is 4. The van der Waals surface area contributed by atoms with Crippen LogP contribution >= 0.6 is 11.6 Å². The number of halogens is 1. The highest BCUT2D eigenvalue weighted by molar-refractivity contribution is 6.33. The molecule has 1 aromatic carbocycles. The van der Waals surface area contributed by atoms with E-state index < -0.39 is 0 Å². The molecule has 1 heterocycles. The number of hydrogen-bond donors (Lipinski definition) is 2. The van der Waals surface area contributed by atoms with Crippen LogP contribution in [0.4, 0.5) is 17.5 Å². The Bertz CT molecular complexity index is 554. The normalized spacial score (nSPS) is 10.3. The molecule has 2 aromatic rings. The summed E-state index contributed by atoms with van der Waals surface area (Å²) in [4.78, 5) is 8.04. The van der Waals surface area contributed by atoms with Gasteiger partial charge in [-0.2, -0.15) is 4.98 Å². The highest BCUT2D eigenvalue weighted by Gasteiger charge is 2.05. The van der Waals surface area contributed by atoms with Crippen LogP contribution in [0.3, 0.4) is 0 Å². The number of aryl methyl sites for hydroxylation is 2. The van der Waals surface area contributed by atoms with Crippen LogP contribution in [0.2, 0.25) is 5.02 Å². The Morgan fingerprint density at radius 3 is 2.76 bits per heavy atom. The summed E-state index contributed by atoms with van der Waals surface area (Å²) in [5.74, 6) is 0.907. The predicted molar refractivity (Wildman–Crippen MR) is 70.7 cm³/mol. The molecule has 0 aliphatic carbocycles. The summed E-state index contributed by atoms with van der Waals surface area (Å²) in [6.45, 7) is 3.90. The van der Waals surface area contributed by atoms with Gasteiger partial charge in [-0.3, -0.25) is 0 Å². The van der Waals surface area contributed by atoms with Crippen LogP contribution in [0.15, 0.2) is 24.4 Å². The van der Waals surface area contributed by atoms with Crippen molar-refractivity contribution in [3.8, 4) is 0 Å². The number of nitrogen functional groups attached to an aromatic ring is 1. The lowest BCUT2D eigenvalue weighted by Crippen LogP contribution is -2.02. The van der Waals surface area contributed by atoms with Gasteiger partial charge in [-0.25, -0.2) is 4.98 Å². The molecule has 1 aromatic heterocycles. The zero-order valence-electron chi connectivity index (χ0n) is 9.66. The third kappa shape index (κ3) is 2.65. The minimum absolute atomic E-state index is 0.237. The van der Waals surface area contributed by atoms with Gasteiger partial charge in [0.05, 0.1) is 10.7 Å². The highest BCUT2D eigenvalue weighted by Crippen LogP contribution is 2.26. The van der Waals surface area contributed by atoms with Crippen LogP contribution in [-0.2, 0) is 0 Å². The van der Waals surface area contributed by atoms with E-state index in [2.05, 4.69) is 15.3 Å². The van der Waals surface area contributed by atoms with E-state index in [0.717, 1.165) is 16.8 Å². The molecule has 0 spiro atoms. The van der Waals surface area contributed by atoms with Gasteiger partial charge in [-0.15, -0.1) is 0 Å². The maximum atomic E-state index is 6.13. The van der Waals surface area contributed by atoms with Gasteiger partial charge in [0.2, 0.25) is 5.95 Å². The summed E-state index contributed by atoms with van der Waals surface area (Å²) in [6, 6.07) is 5.78. The molecule has 0 fully saturated rings. The molecule has 0 bridgehead atoms. The molecule has 0 aliphatic rings. The van der Waals surface area contributed by atoms with E-state index in [1.165, 1.54) is 0 Å². The van der Waals surface area contributed by atoms with E-state index in [0.29, 0.717) is 10.8 Å². The Balaban J connectivity index is 2.34. The molecular weight excluding hydrogens is 236 g/mol. The lowest BCUT2D eigenvalue weighted by Gasteiger charge is -2.10. The van der Waals surface area contributed by atoms with Gasteiger partial charge in [-0.1, -0.05) is 17.7 Å². The summed E-state index contributed by atoms with van der Waals surface area (Å²) in [7, 11) is 0. The summed E-state index contributed by atoms with van der Waals surface area (Å²) in [6.07, 6.45) is 1.67. The van der Waals surface area contributed by atoms with E-state index >= 15 is 0 Å². The summed E-state index contributed by atoms with van der Waals surface area (Å²) < 4.78 is 0. The number of rotatable bonds is 2. The standard InChI is InChI=1S/C12H13ClN4/c1-7-3-4-10(9(13)5-7)16-11-8(2)6-15-12(14)17-11/h3-6H,1-2H3,(H3,14,15,16,17). The Hall–Kier alpha value is -1.81. The van der Waals surface area contributed by atoms with Crippen molar-refractivity contribution in [2.45, 2.75) is 13.8 Å². The number of anilines is 3. The van der Waals surface area contributed by atoms with Gasteiger partial charge in [-0.05, 0) is 31.5 Å². The molecule has 2 rings (SSSR count). The number of nitrogens with two attached hydrogens (primary N) is 1. The zero-order chi connectivity index (χ0) is 12.4. The topological polar surface area (TPSA) is 63.8 Å². The number of aromatic nitrogens is 2. The Morgan fingerprint density at radius 1 is 1.29 bits per heavy atom. The fourth-order valence-corrected chi connectivity index (χ4v) is 1.71. The van der Waals surface area contributed by atoms with Gasteiger partial charge in [0.25, 0.3) is 0 Å². The van der Waals surface area contributed by atoms with Gasteiger partial charge < -0.3 is 11.1 Å². The second-order valence-corrected chi connectivity index (χ2v) is 4.28. The second kappa shape index (κ2) is 4.59. The number of benzene rings is 1. The average Bonchev–Trinajstić information content (AvgIpc) is 2.27. The molecule has 4 nitrogen and oxygen atoms in total. The molecule has 0 saturated heterocycles. The fraction of sp³-hybridized carbons (Fsp3) is 0.167. The molecule has 17 heavy (non-hydrogen) atoms. The molecule has 0 amide bonds. The van der Waals surface area contributed by atoms with Crippen molar-refractivity contribution < 1.29 is 0 Å². The van der Waals surface area contributed by atoms with Crippen LogP contribution in [0.1, 0.15) is 11.1 Å². The third-order valence-corrected chi connectivity index (χ3v) is 2.68. The van der Waals surface area contributed by atoms with Crippen molar-refractivity contribution in [3.05, 3.63) is 40.5 Å². The van der Waals surface area contributed by atoms with E-state index in [1.54, 1.807) is 6.20 Å². The molecule has 0 atom stereocenters. The van der Waals surface area contributed by atoms with Crippen molar-refractivity contribution in [2.24, 2.45) is 0 Å². The van der Waals surface area contributed by atoms with Crippen molar-refractivity contribution in [1.29, 1.82) is 0 Å². The molecular formula is C12H13ClN4. The van der Waals surface area contributed by atoms with Crippen molar-refractivity contribution >= 4 is 29.1 Å². The summed E-state index contributed by atoms with van der Waals surface area (Å²) >= 11 is 6.13. The van der Waals surface area contributed by atoms with Crippen LogP contribution in [0, 0.1) is 13.8 Å². The van der Waals surface area contributed by atoms with Crippen LogP contribution < -0.4 is 11.1 Å². The second-order valence-electron chi connectivity index (χ2n) is 3.87. The monoisotopic (exact) mass is 248 g/mol. The maximum Gasteiger partial charge on any atom is 0.221 e. The predicted octanol–water partition coefficient (Wildman–Crippen LogP) is 3.07. The first kappa shape index (κ1) is 11.7. The van der Waals surface area contributed by atoms with E-state index in [9.17, 15) is 0 Å². The molecule has 88 valence electrons. The Morgan fingerprint density at radius 2 is 2.06 bits per heavy atom. The quantitative estimate of drug-likeness (QED) is 0.857. The van der Waals surface area contributed by atoms with Crippen molar-refractivity contribution in [2.75, 3.05) is 11.1 Å². The summed E-state index contributed by atoms with van der Waals surface area (Å²) in [5.41, 5.74) is 8.38. The molecule has 0 saturated carbocycles. The minimum Gasteiger partial charge on any atom is -0.368 e. The van der Waals surface area contributed by atoms with Gasteiger partial charge in [0, 0.05) is 11.8 Å². The molecule has 5 heteroatoms. The van der Waals surface area contributed by atoms with E-state index in [1.807, 2.05) is 32.0 Å². The van der Waals surface area contributed by atoms with Gasteiger partial charge in [0.1, 0.15) is 5.82 Å². The molecule has 0 unspecified atom stereocenters.